The predicted molar refractivity (Wildman–Crippen MR) is 68.6 cm³/mol. The van der Waals surface area contributed by atoms with E-state index in [0.29, 0.717) is 12.6 Å². The number of nitrogens with two attached hydrogens (primary N) is 1. The van der Waals surface area contributed by atoms with Crippen molar-refractivity contribution in [3.05, 3.63) is 0 Å². The molecule has 2 unspecified atom stereocenters. The highest BCUT2D eigenvalue weighted by atomic mass is 16.2. The molecule has 2 atom stereocenters. The van der Waals surface area contributed by atoms with Gasteiger partial charge >= 0.3 is 0 Å². The monoisotopic (exact) mass is 239 g/mol. The molecule has 2 aliphatic rings. The van der Waals surface area contributed by atoms with Crippen LogP contribution in [0.3, 0.4) is 0 Å². The van der Waals surface area contributed by atoms with Gasteiger partial charge in [0.1, 0.15) is 0 Å². The van der Waals surface area contributed by atoms with Crippen molar-refractivity contribution in [2.45, 2.75) is 39.2 Å². The Balaban J connectivity index is 2.01. The average molecular weight is 239 g/mol. The van der Waals surface area contributed by atoms with Crippen LogP contribution >= 0.6 is 0 Å². The molecule has 2 N–H and O–H groups in total. The minimum absolute atomic E-state index is 0.258. The molecule has 2 fully saturated rings. The van der Waals surface area contributed by atoms with Gasteiger partial charge in [-0.2, -0.15) is 0 Å². The van der Waals surface area contributed by atoms with Crippen molar-refractivity contribution in [1.82, 2.24) is 9.80 Å². The van der Waals surface area contributed by atoms with E-state index in [0.717, 1.165) is 26.1 Å². The molecule has 2 aliphatic heterocycles. The third-order valence-electron chi connectivity index (χ3n) is 4.62. The Morgan fingerprint density at radius 1 is 1.41 bits per heavy atom. The number of amides is 1. The third kappa shape index (κ3) is 2.33. The summed E-state index contributed by atoms with van der Waals surface area (Å²) in [7, 11) is 0. The summed E-state index contributed by atoms with van der Waals surface area (Å²) in [6, 6.07) is 0.603. The molecule has 98 valence electrons. The van der Waals surface area contributed by atoms with Gasteiger partial charge in [0.15, 0.2) is 0 Å². The topological polar surface area (TPSA) is 49.6 Å². The van der Waals surface area contributed by atoms with Crippen molar-refractivity contribution < 1.29 is 4.79 Å². The standard InChI is InChI=1S/C13H25N3O/c1-3-13(2,10-14)12(17)16-8-7-15-6-4-5-11(15)9-16/h11H,3-10,14H2,1-2H3. The summed E-state index contributed by atoms with van der Waals surface area (Å²) in [5.74, 6) is 0.258. The fraction of sp³-hybridized carbons (Fsp3) is 0.923. The normalized spacial score (nSPS) is 28.9. The smallest absolute Gasteiger partial charge is 0.229 e. The molecular formula is C13H25N3O. The van der Waals surface area contributed by atoms with Gasteiger partial charge in [0.2, 0.25) is 5.91 Å². The van der Waals surface area contributed by atoms with Gasteiger partial charge < -0.3 is 10.6 Å². The van der Waals surface area contributed by atoms with E-state index in [1.807, 2.05) is 11.8 Å². The summed E-state index contributed by atoms with van der Waals surface area (Å²) in [6.45, 7) is 8.55. The van der Waals surface area contributed by atoms with Gasteiger partial charge in [-0.05, 0) is 32.7 Å². The fourth-order valence-electron chi connectivity index (χ4n) is 2.94. The summed E-state index contributed by atoms with van der Waals surface area (Å²) >= 11 is 0. The van der Waals surface area contributed by atoms with Crippen LogP contribution in [0, 0.1) is 5.41 Å². The first kappa shape index (κ1) is 12.8. The van der Waals surface area contributed by atoms with Gasteiger partial charge in [-0.3, -0.25) is 9.69 Å². The lowest BCUT2D eigenvalue weighted by molar-refractivity contribution is -0.143. The van der Waals surface area contributed by atoms with E-state index < -0.39 is 0 Å². The van der Waals surface area contributed by atoms with E-state index in [1.54, 1.807) is 0 Å². The summed E-state index contributed by atoms with van der Waals surface area (Å²) in [4.78, 5) is 17.1. The molecule has 0 aromatic heterocycles. The molecule has 1 amide bonds. The van der Waals surface area contributed by atoms with Gasteiger partial charge in [-0.15, -0.1) is 0 Å². The second kappa shape index (κ2) is 4.94. The highest BCUT2D eigenvalue weighted by molar-refractivity contribution is 5.82. The van der Waals surface area contributed by atoms with Crippen molar-refractivity contribution in [3.8, 4) is 0 Å². The summed E-state index contributed by atoms with van der Waals surface area (Å²) in [6.07, 6.45) is 3.36. The summed E-state index contributed by atoms with van der Waals surface area (Å²) < 4.78 is 0. The maximum absolute atomic E-state index is 12.5. The lowest BCUT2D eigenvalue weighted by Gasteiger charge is -2.41. The first-order valence-electron chi connectivity index (χ1n) is 6.84. The minimum Gasteiger partial charge on any atom is -0.339 e. The van der Waals surface area contributed by atoms with E-state index in [-0.39, 0.29) is 11.3 Å². The third-order valence-corrected chi connectivity index (χ3v) is 4.62. The number of carbonyl (C=O) groups is 1. The van der Waals surface area contributed by atoms with Gasteiger partial charge in [-0.25, -0.2) is 0 Å². The highest BCUT2D eigenvalue weighted by Crippen LogP contribution is 2.27. The van der Waals surface area contributed by atoms with E-state index >= 15 is 0 Å². The van der Waals surface area contributed by atoms with Crippen LogP contribution in [0.5, 0.6) is 0 Å². The first-order chi connectivity index (χ1) is 8.10. The Labute approximate surface area is 104 Å². The molecule has 2 rings (SSSR count). The Morgan fingerprint density at radius 3 is 2.82 bits per heavy atom. The number of hydrogen-bond donors (Lipinski definition) is 1. The zero-order chi connectivity index (χ0) is 12.5. The Hall–Kier alpha value is -0.610. The van der Waals surface area contributed by atoms with Crippen LogP contribution in [0.15, 0.2) is 0 Å². The van der Waals surface area contributed by atoms with Gasteiger partial charge in [0.05, 0.1) is 5.41 Å². The average Bonchev–Trinajstić information content (AvgIpc) is 2.84. The molecule has 17 heavy (non-hydrogen) atoms. The zero-order valence-corrected chi connectivity index (χ0v) is 11.1. The van der Waals surface area contributed by atoms with Crippen molar-refractivity contribution in [1.29, 1.82) is 0 Å². The van der Waals surface area contributed by atoms with Crippen molar-refractivity contribution in [2.75, 3.05) is 32.7 Å². The van der Waals surface area contributed by atoms with Crippen LogP contribution < -0.4 is 5.73 Å². The Morgan fingerprint density at radius 2 is 2.18 bits per heavy atom. The molecule has 2 heterocycles. The van der Waals surface area contributed by atoms with Crippen LogP contribution in [0.1, 0.15) is 33.1 Å². The molecule has 0 aliphatic carbocycles. The maximum Gasteiger partial charge on any atom is 0.229 e. The Kier molecular flexibility index (Phi) is 3.73. The highest BCUT2D eigenvalue weighted by Gasteiger charge is 2.38. The molecule has 4 nitrogen and oxygen atoms in total. The van der Waals surface area contributed by atoms with Crippen LogP contribution in [-0.2, 0) is 4.79 Å². The molecule has 2 saturated heterocycles. The largest absolute Gasteiger partial charge is 0.339 e. The molecule has 0 saturated carbocycles. The van der Waals surface area contributed by atoms with Crippen molar-refractivity contribution >= 4 is 5.91 Å². The minimum atomic E-state index is -0.360. The van der Waals surface area contributed by atoms with Crippen LogP contribution in [0.4, 0.5) is 0 Å². The molecular weight excluding hydrogens is 214 g/mol. The number of hydrogen-bond acceptors (Lipinski definition) is 3. The lowest BCUT2D eigenvalue weighted by atomic mass is 9.85. The predicted octanol–water partition coefficient (Wildman–Crippen LogP) is 0.668. The second-order valence-corrected chi connectivity index (χ2v) is 5.70. The molecule has 0 radical (unpaired) electrons. The number of piperazine rings is 1. The fourth-order valence-corrected chi connectivity index (χ4v) is 2.94. The SMILES string of the molecule is CCC(C)(CN)C(=O)N1CCN2CCCC2C1. The number of rotatable bonds is 3. The maximum atomic E-state index is 12.5. The zero-order valence-electron chi connectivity index (χ0n) is 11.1. The van der Waals surface area contributed by atoms with Crippen LogP contribution in [0.25, 0.3) is 0 Å². The van der Waals surface area contributed by atoms with Crippen LogP contribution in [0.2, 0.25) is 0 Å². The van der Waals surface area contributed by atoms with Crippen molar-refractivity contribution in [3.63, 3.8) is 0 Å². The van der Waals surface area contributed by atoms with Gasteiger partial charge in [-0.1, -0.05) is 6.92 Å². The summed E-state index contributed by atoms with van der Waals surface area (Å²) in [5.41, 5.74) is 5.41. The molecule has 4 heteroatoms. The Bertz CT molecular complexity index is 288. The number of nitrogens with zero attached hydrogens (tertiary/aromatic N) is 2. The van der Waals surface area contributed by atoms with Crippen molar-refractivity contribution in [2.24, 2.45) is 11.1 Å². The molecule has 0 spiro atoms. The molecule has 0 aromatic carbocycles. The van der Waals surface area contributed by atoms with E-state index in [9.17, 15) is 4.79 Å². The van der Waals surface area contributed by atoms with E-state index in [4.69, 9.17) is 5.73 Å². The molecule has 0 aromatic rings. The van der Waals surface area contributed by atoms with Gasteiger partial charge in [0.25, 0.3) is 0 Å². The first-order valence-corrected chi connectivity index (χ1v) is 6.84. The van der Waals surface area contributed by atoms with E-state index in [2.05, 4.69) is 11.8 Å². The van der Waals surface area contributed by atoms with Gasteiger partial charge in [0, 0.05) is 32.2 Å². The quantitative estimate of drug-likeness (QED) is 0.787. The molecule has 0 bridgehead atoms. The second-order valence-electron chi connectivity index (χ2n) is 5.70. The van der Waals surface area contributed by atoms with Crippen LogP contribution in [-0.4, -0.2) is 54.5 Å². The summed E-state index contributed by atoms with van der Waals surface area (Å²) in [5, 5.41) is 0. The number of carbonyl (C=O) groups excluding carboxylic acids is 1. The number of fused-ring (bicyclic) bond motifs is 1. The van der Waals surface area contributed by atoms with E-state index in [1.165, 1.54) is 19.4 Å². The lowest BCUT2D eigenvalue weighted by Crippen LogP contribution is -2.56.